The zero-order chi connectivity index (χ0) is 13.6. The van der Waals surface area contributed by atoms with Gasteiger partial charge in [-0.1, -0.05) is 6.92 Å². The van der Waals surface area contributed by atoms with E-state index in [4.69, 9.17) is 0 Å². The van der Waals surface area contributed by atoms with Crippen molar-refractivity contribution in [1.29, 1.82) is 0 Å². The van der Waals surface area contributed by atoms with Gasteiger partial charge in [0.25, 0.3) is 0 Å². The number of nitrogens with zero attached hydrogens (tertiary/aromatic N) is 1. The number of nitrogens with one attached hydrogen (secondary N) is 1. The van der Waals surface area contributed by atoms with E-state index >= 15 is 0 Å². The highest BCUT2D eigenvalue weighted by atomic mass is 32.2. The zero-order valence-corrected chi connectivity index (χ0v) is 11.4. The average Bonchev–Trinajstić information content (AvgIpc) is 2.36. The molecule has 18 heavy (non-hydrogen) atoms. The fourth-order valence-electron chi connectivity index (χ4n) is 1.50. The smallest absolute Gasteiger partial charge is 0.212 e. The maximum atomic E-state index is 11.8. The number of aromatic nitrogens is 1. The van der Waals surface area contributed by atoms with Gasteiger partial charge in [-0.25, -0.2) is 13.1 Å². The van der Waals surface area contributed by atoms with E-state index in [0.29, 0.717) is 12.8 Å². The van der Waals surface area contributed by atoms with Crippen molar-refractivity contribution in [2.24, 2.45) is 0 Å². The molecule has 1 aromatic heterocycles. The number of rotatable bonds is 7. The quantitative estimate of drug-likeness (QED) is 0.799. The molecule has 1 N–H and O–H groups in total. The van der Waals surface area contributed by atoms with E-state index in [9.17, 15) is 13.2 Å². The fraction of sp³-hybridized carbons (Fsp3) is 0.500. The maximum absolute atomic E-state index is 11.8. The first-order chi connectivity index (χ1) is 8.44. The molecule has 0 aromatic carbocycles. The molecule has 5 nitrogen and oxygen atoms in total. The van der Waals surface area contributed by atoms with Crippen molar-refractivity contribution in [2.75, 3.05) is 5.75 Å². The van der Waals surface area contributed by atoms with Crippen molar-refractivity contribution in [1.82, 2.24) is 9.71 Å². The number of sulfonamides is 1. The zero-order valence-electron chi connectivity index (χ0n) is 10.6. The summed E-state index contributed by atoms with van der Waals surface area (Å²) in [6.45, 7) is 3.28. The lowest BCUT2D eigenvalue weighted by Gasteiger charge is -2.12. The van der Waals surface area contributed by atoms with Gasteiger partial charge in [0.15, 0.2) is 0 Å². The van der Waals surface area contributed by atoms with Gasteiger partial charge in [0, 0.05) is 18.8 Å². The second kappa shape index (κ2) is 6.61. The van der Waals surface area contributed by atoms with Crippen LogP contribution in [0.5, 0.6) is 0 Å². The number of ketones is 1. The van der Waals surface area contributed by atoms with E-state index in [2.05, 4.69) is 9.71 Å². The molecule has 0 spiro atoms. The van der Waals surface area contributed by atoms with E-state index in [-0.39, 0.29) is 11.5 Å². The highest BCUT2D eigenvalue weighted by Gasteiger charge is 2.18. The first-order valence-electron chi connectivity index (χ1n) is 5.86. The lowest BCUT2D eigenvalue weighted by atomic mass is 10.2. The summed E-state index contributed by atoms with van der Waals surface area (Å²) in [5.41, 5.74) is 0.907. The number of aryl methyl sites for hydroxylation is 1. The van der Waals surface area contributed by atoms with Crippen molar-refractivity contribution < 1.29 is 13.2 Å². The summed E-state index contributed by atoms with van der Waals surface area (Å²) in [6, 6.07) is 2.89. The van der Waals surface area contributed by atoms with Gasteiger partial charge in [0.05, 0.1) is 11.8 Å². The largest absolute Gasteiger partial charge is 0.298 e. The van der Waals surface area contributed by atoms with E-state index in [1.807, 2.05) is 0 Å². The minimum atomic E-state index is -3.43. The summed E-state index contributed by atoms with van der Waals surface area (Å²) in [5.74, 6) is -0.138. The van der Waals surface area contributed by atoms with Crippen LogP contribution in [0, 0.1) is 0 Å². The lowest BCUT2D eigenvalue weighted by Crippen LogP contribution is -2.39. The van der Waals surface area contributed by atoms with Crippen LogP contribution >= 0.6 is 0 Å². The molecule has 1 unspecified atom stereocenters. The Morgan fingerprint density at radius 2 is 2.00 bits per heavy atom. The van der Waals surface area contributed by atoms with Crippen molar-refractivity contribution in [3.63, 3.8) is 0 Å². The van der Waals surface area contributed by atoms with Gasteiger partial charge in [-0.3, -0.25) is 9.78 Å². The van der Waals surface area contributed by atoms with Crippen molar-refractivity contribution in [3.8, 4) is 0 Å². The van der Waals surface area contributed by atoms with Gasteiger partial charge in [-0.05, 0) is 31.0 Å². The molecule has 1 atom stereocenters. The summed E-state index contributed by atoms with van der Waals surface area (Å²) >= 11 is 0. The highest BCUT2D eigenvalue weighted by molar-refractivity contribution is 7.89. The molecule has 1 rings (SSSR count). The number of pyridine rings is 1. The number of carbonyl (C=O) groups excluding carboxylic acids is 1. The molecule has 0 radical (unpaired) electrons. The molecular formula is C12H18N2O3S. The van der Waals surface area contributed by atoms with Crippen LogP contribution in [0.4, 0.5) is 0 Å². The Labute approximate surface area is 108 Å². The van der Waals surface area contributed by atoms with Crippen LogP contribution in [0.1, 0.15) is 25.8 Å². The van der Waals surface area contributed by atoms with Gasteiger partial charge in [0.2, 0.25) is 10.0 Å². The van der Waals surface area contributed by atoms with E-state index < -0.39 is 16.1 Å². The Morgan fingerprint density at radius 1 is 1.39 bits per heavy atom. The van der Waals surface area contributed by atoms with Gasteiger partial charge in [-0.2, -0.15) is 0 Å². The third kappa shape index (κ3) is 4.93. The van der Waals surface area contributed by atoms with Crippen molar-refractivity contribution in [3.05, 3.63) is 30.1 Å². The number of hydrogen-bond acceptors (Lipinski definition) is 4. The molecule has 0 fully saturated rings. The summed E-state index contributed by atoms with van der Waals surface area (Å²) < 4.78 is 25.9. The number of carbonyl (C=O) groups is 1. The molecule has 1 heterocycles. The van der Waals surface area contributed by atoms with Crippen LogP contribution in [0.2, 0.25) is 0 Å². The second-order valence-corrected chi connectivity index (χ2v) is 5.96. The number of Topliss-reactive ketones (excluding diaryl/α,β-unsaturated/α-hetero) is 1. The van der Waals surface area contributed by atoms with Gasteiger partial charge in [0.1, 0.15) is 5.78 Å². The molecule has 0 bridgehead atoms. The minimum Gasteiger partial charge on any atom is -0.298 e. The highest BCUT2D eigenvalue weighted by Crippen LogP contribution is 2.01. The SMILES string of the molecule is CCC(=O)C(C)NS(=O)(=O)CCc1ccncc1. The molecule has 0 aliphatic carbocycles. The standard InChI is InChI=1S/C12H18N2O3S/c1-3-12(15)10(2)14-18(16,17)9-6-11-4-7-13-8-5-11/h4-5,7-8,10,14H,3,6,9H2,1-2H3. The average molecular weight is 270 g/mol. The lowest BCUT2D eigenvalue weighted by molar-refractivity contribution is -0.119. The first kappa shape index (κ1) is 14.8. The van der Waals surface area contributed by atoms with Gasteiger partial charge >= 0.3 is 0 Å². The summed E-state index contributed by atoms with van der Waals surface area (Å²) in [4.78, 5) is 15.2. The molecule has 0 saturated carbocycles. The molecular weight excluding hydrogens is 252 g/mol. The third-order valence-corrected chi connectivity index (χ3v) is 4.05. The monoisotopic (exact) mass is 270 g/mol. The van der Waals surface area contributed by atoms with Crippen LogP contribution < -0.4 is 4.72 Å². The summed E-state index contributed by atoms with van der Waals surface area (Å²) in [5, 5.41) is 0. The summed E-state index contributed by atoms with van der Waals surface area (Å²) in [6.07, 6.45) is 3.98. The Bertz CT molecular complexity index is 485. The predicted molar refractivity (Wildman–Crippen MR) is 69.6 cm³/mol. The van der Waals surface area contributed by atoms with Crippen LogP contribution in [-0.2, 0) is 21.2 Å². The van der Waals surface area contributed by atoms with Crippen molar-refractivity contribution in [2.45, 2.75) is 32.7 Å². The number of hydrogen-bond donors (Lipinski definition) is 1. The molecule has 0 aliphatic heterocycles. The third-order valence-electron chi connectivity index (χ3n) is 2.60. The Kier molecular flexibility index (Phi) is 5.43. The van der Waals surface area contributed by atoms with E-state index in [1.54, 1.807) is 38.4 Å². The van der Waals surface area contributed by atoms with E-state index in [0.717, 1.165) is 5.56 Å². The second-order valence-electron chi connectivity index (χ2n) is 4.08. The van der Waals surface area contributed by atoms with Gasteiger partial charge < -0.3 is 0 Å². The molecule has 100 valence electrons. The first-order valence-corrected chi connectivity index (χ1v) is 7.51. The fourth-order valence-corrected chi connectivity index (χ4v) is 2.79. The van der Waals surface area contributed by atoms with Gasteiger partial charge in [-0.15, -0.1) is 0 Å². The topological polar surface area (TPSA) is 76.1 Å². The predicted octanol–water partition coefficient (Wildman–Crippen LogP) is 0.911. The normalized spacial score (nSPS) is 13.2. The Hall–Kier alpha value is -1.27. The van der Waals surface area contributed by atoms with Crippen LogP contribution in [0.25, 0.3) is 0 Å². The minimum absolute atomic E-state index is 0.0294. The summed E-state index contributed by atoms with van der Waals surface area (Å²) in [7, 11) is -3.43. The van der Waals surface area contributed by atoms with Crippen LogP contribution in [0.3, 0.4) is 0 Å². The molecule has 0 saturated heterocycles. The molecule has 6 heteroatoms. The molecule has 0 aliphatic rings. The Balaban J connectivity index is 2.53. The Morgan fingerprint density at radius 3 is 2.56 bits per heavy atom. The van der Waals surface area contributed by atoms with E-state index in [1.165, 1.54) is 0 Å². The van der Waals surface area contributed by atoms with Crippen molar-refractivity contribution >= 4 is 15.8 Å². The maximum Gasteiger partial charge on any atom is 0.212 e. The van der Waals surface area contributed by atoms with Crippen LogP contribution in [-0.4, -0.2) is 31.0 Å². The molecule has 1 aromatic rings. The van der Waals surface area contributed by atoms with Crippen LogP contribution in [0.15, 0.2) is 24.5 Å². The molecule has 0 amide bonds.